The Morgan fingerprint density at radius 1 is 1.33 bits per heavy atom. The molecule has 1 aliphatic heterocycles. The number of carbonyl (C=O) groups excluding carboxylic acids is 1. The van der Waals surface area contributed by atoms with Crippen molar-refractivity contribution < 1.29 is 24.9 Å². The largest absolute Gasteiger partial charge is 0.388 e. The number of aromatic nitrogens is 4. The van der Waals surface area contributed by atoms with Gasteiger partial charge in [-0.3, -0.25) is 9.36 Å². The predicted octanol–water partition coefficient (Wildman–Crippen LogP) is -2.41. The zero-order valence-electron chi connectivity index (χ0n) is 10.7. The van der Waals surface area contributed by atoms with Crippen molar-refractivity contribution in [1.82, 2.24) is 19.5 Å². The standard InChI is InChI=1S/C11H13N5O5/c12-9-5-10(14-2-13-9)16(3-15-5)11-7(20)6(19)8(21-11)4(18)1-17/h2-3,6-8,11,17,19-20H,1H2,(H2,12,13,14)/t6-,7+,8+,11+/m0/s1. The summed E-state index contributed by atoms with van der Waals surface area (Å²) in [5, 5.41) is 28.7. The minimum absolute atomic E-state index is 0.162. The Morgan fingerprint density at radius 2 is 2.10 bits per heavy atom. The maximum Gasteiger partial charge on any atom is 0.189 e. The number of imidazole rings is 1. The molecule has 0 unspecified atom stereocenters. The van der Waals surface area contributed by atoms with E-state index in [1.807, 2.05) is 0 Å². The Balaban J connectivity index is 2.00. The highest BCUT2D eigenvalue weighted by molar-refractivity contribution is 5.85. The van der Waals surface area contributed by atoms with Crippen LogP contribution >= 0.6 is 0 Å². The van der Waals surface area contributed by atoms with E-state index in [2.05, 4.69) is 15.0 Å². The van der Waals surface area contributed by atoms with Crippen molar-refractivity contribution >= 4 is 22.8 Å². The number of hydrogen-bond donors (Lipinski definition) is 4. The van der Waals surface area contributed by atoms with Gasteiger partial charge in [0.05, 0.1) is 6.33 Å². The molecule has 5 N–H and O–H groups in total. The van der Waals surface area contributed by atoms with Gasteiger partial charge in [-0.2, -0.15) is 0 Å². The van der Waals surface area contributed by atoms with Crippen molar-refractivity contribution in [2.45, 2.75) is 24.5 Å². The number of aliphatic hydroxyl groups is 3. The van der Waals surface area contributed by atoms with Gasteiger partial charge in [-0.25, -0.2) is 15.0 Å². The third-order valence-electron chi connectivity index (χ3n) is 3.37. The minimum Gasteiger partial charge on any atom is -0.388 e. The lowest BCUT2D eigenvalue weighted by molar-refractivity contribution is -0.138. The lowest BCUT2D eigenvalue weighted by Gasteiger charge is -2.16. The van der Waals surface area contributed by atoms with E-state index in [0.717, 1.165) is 0 Å². The van der Waals surface area contributed by atoms with Crippen LogP contribution in [0.5, 0.6) is 0 Å². The summed E-state index contributed by atoms with van der Waals surface area (Å²) in [6, 6.07) is 0. The molecule has 0 aromatic carbocycles. The summed E-state index contributed by atoms with van der Waals surface area (Å²) >= 11 is 0. The molecule has 112 valence electrons. The number of nitrogen functional groups attached to an aromatic ring is 1. The van der Waals surface area contributed by atoms with E-state index in [1.54, 1.807) is 0 Å². The molecule has 0 radical (unpaired) electrons. The number of nitrogens with zero attached hydrogens (tertiary/aromatic N) is 4. The first-order valence-electron chi connectivity index (χ1n) is 6.12. The van der Waals surface area contributed by atoms with Crippen LogP contribution in [0.25, 0.3) is 11.2 Å². The molecule has 0 amide bonds. The van der Waals surface area contributed by atoms with Gasteiger partial charge in [-0.05, 0) is 0 Å². The minimum atomic E-state index is -1.45. The molecule has 1 saturated heterocycles. The molecule has 21 heavy (non-hydrogen) atoms. The van der Waals surface area contributed by atoms with Crippen molar-refractivity contribution in [2.75, 3.05) is 12.3 Å². The van der Waals surface area contributed by atoms with Crippen LogP contribution in [-0.4, -0.2) is 65.5 Å². The average molecular weight is 295 g/mol. The number of nitrogens with two attached hydrogens (primary N) is 1. The molecular weight excluding hydrogens is 282 g/mol. The molecule has 4 atom stereocenters. The van der Waals surface area contributed by atoms with Crippen molar-refractivity contribution in [3.8, 4) is 0 Å². The van der Waals surface area contributed by atoms with Crippen LogP contribution < -0.4 is 5.73 Å². The van der Waals surface area contributed by atoms with E-state index in [1.165, 1.54) is 17.2 Å². The lowest BCUT2D eigenvalue weighted by Crippen LogP contribution is -2.37. The van der Waals surface area contributed by atoms with Crippen LogP contribution in [0.3, 0.4) is 0 Å². The van der Waals surface area contributed by atoms with Gasteiger partial charge in [0, 0.05) is 0 Å². The van der Waals surface area contributed by atoms with E-state index in [9.17, 15) is 15.0 Å². The molecule has 1 aliphatic rings. The number of carbonyl (C=O) groups is 1. The molecule has 10 heteroatoms. The Labute approximate surface area is 117 Å². The number of anilines is 1. The van der Waals surface area contributed by atoms with E-state index in [4.69, 9.17) is 15.6 Å². The molecular formula is C11H13N5O5. The lowest BCUT2D eigenvalue weighted by atomic mass is 10.1. The Morgan fingerprint density at radius 3 is 2.81 bits per heavy atom. The average Bonchev–Trinajstić information content (AvgIpc) is 3.02. The van der Waals surface area contributed by atoms with Gasteiger partial charge in [0.2, 0.25) is 0 Å². The van der Waals surface area contributed by atoms with E-state index < -0.39 is 36.9 Å². The molecule has 2 aromatic heterocycles. The molecule has 1 fully saturated rings. The maximum atomic E-state index is 11.5. The van der Waals surface area contributed by atoms with Gasteiger partial charge in [-0.15, -0.1) is 0 Å². The summed E-state index contributed by atoms with van der Waals surface area (Å²) in [6.07, 6.45) is -2.66. The molecule has 0 spiro atoms. The Kier molecular flexibility index (Phi) is 3.29. The number of Topliss-reactive ketones (excluding diaryl/α,β-unsaturated/α-hetero) is 1. The van der Waals surface area contributed by atoms with E-state index in [0.29, 0.717) is 11.2 Å². The van der Waals surface area contributed by atoms with E-state index in [-0.39, 0.29) is 5.82 Å². The van der Waals surface area contributed by atoms with Crippen LogP contribution in [0.2, 0.25) is 0 Å². The van der Waals surface area contributed by atoms with Crippen molar-refractivity contribution in [3.63, 3.8) is 0 Å². The molecule has 2 aromatic rings. The molecule has 0 bridgehead atoms. The quantitative estimate of drug-likeness (QED) is 0.484. The van der Waals surface area contributed by atoms with E-state index >= 15 is 0 Å². The second-order valence-electron chi connectivity index (χ2n) is 4.64. The molecule has 0 saturated carbocycles. The normalized spacial score (nSPS) is 29.1. The fraction of sp³-hybridized carbons (Fsp3) is 0.455. The van der Waals surface area contributed by atoms with Crippen LogP contribution in [0.1, 0.15) is 6.23 Å². The van der Waals surface area contributed by atoms with Crippen LogP contribution in [0.15, 0.2) is 12.7 Å². The highest BCUT2D eigenvalue weighted by atomic mass is 16.6. The highest BCUT2D eigenvalue weighted by Crippen LogP contribution is 2.32. The summed E-state index contributed by atoms with van der Waals surface area (Å²) in [7, 11) is 0. The van der Waals surface area contributed by atoms with Crippen molar-refractivity contribution in [3.05, 3.63) is 12.7 Å². The third kappa shape index (κ3) is 2.05. The van der Waals surface area contributed by atoms with Crippen molar-refractivity contribution in [2.24, 2.45) is 0 Å². The summed E-state index contributed by atoms with van der Waals surface area (Å²) in [5.74, 6) is -0.558. The summed E-state index contributed by atoms with van der Waals surface area (Å²) in [5.41, 5.74) is 6.28. The summed E-state index contributed by atoms with van der Waals surface area (Å²) in [4.78, 5) is 23.3. The Hall–Kier alpha value is -2.14. The number of ketones is 1. The fourth-order valence-corrected chi connectivity index (χ4v) is 2.30. The zero-order valence-corrected chi connectivity index (χ0v) is 10.7. The first-order valence-corrected chi connectivity index (χ1v) is 6.12. The highest BCUT2D eigenvalue weighted by Gasteiger charge is 2.47. The smallest absolute Gasteiger partial charge is 0.189 e. The van der Waals surface area contributed by atoms with Gasteiger partial charge in [0.1, 0.15) is 36.8 Å². The van der Waals surface area contributed by atoms with Crippen LogP contribution in [0.4, 0.5) is 5.82 Å². The molecule has 3 heterocycles. The monoisotopic (exact) mass is 295 g/mol. The van der Waals surface area contributed by atoms with Gasteiger partial charge in [-0.1, -0.05) is 0 Å². The number of hydrogen-bond acceptors (Lipinski definition) is 9. The fourth-order valence-electron chi connectivity index (χ4n) is 2.30. The summed E-state index contributed by atoms with van der Waals surface area (Å²) in [6.45, 7) is -0.791. The van der Waals surface area contributed by atoms with Gasteiger partial charge >= 0.3 is 0 Å². The molecule has 3 rings (SSSR count). The van der Waals surface area contributed by atoms with Gasteiger partial charge < -0.3 is 25.8 Å². The first-order chi connectivity index (χ1) is 10.0. The summed E-state index contributed by atoms with van der Waals surface area (Å²) < 4.78 is 6.70. The number of fused-ring (bicyclic) bond motifs is 1. The molecule has 10 nitrogen and oxygen atoms in total. The maximum absolute atomic E-state index is 11.5. The SMILES string of the molecule is Nc1ncnc2c1ncn2[C@@H]1O[C@H](C(=O)CO)[C@@H](O)[C@H]1O. The first kappa shape index (κ1) is 13.8. The zero-order chi connectivity index (χ0) is 15.1. The van der Waals surface area contributed by atoms with Crippen molar-refractivity contribution in [1.29, 1.82) is 0 Å². The Bertz CT molecular complexity index is 689. The third-order valence-corrected chi connectivity index (χ3v) is 3.37. The topological polar surface area (TPSA) is 157 Å². The number of ether oxygens (including phenoxy) is 1. The second-order valence-corrected chi connectivity index (χ2v) is 4.64. The van der Waals surface area contributed by atoms with Gasteiger partial charge in [0.15, 0.2) is 23.5 Å². The van der Waals surface area contributed by atoms with Crippen LogP contribution in [0, 0.1) is 0 Å². The van der Waals surface area contributed by atoms with Gasteiger partial charge in [0.25, 0.3) is 0 Å². The second kappa shape index (κ2) is 5.00. The predicted molar refractivity (Wildman–Crippen MR) is 67.8 cm³/mol. The molecule has 0 aliphatic carbocycles. The number of aliphatic hydroxyl groups excluding tert-OH is 3. The number of rotatable bonds is 3. The van der Waals surface area contributed by atoms with Crippen LogP contribution in [-0.2, 0) is 9.53 Å².